The van der Waals surface area contributed by atoms with Crippen LogP contribution in [0.5, 0.6) is 0 Å². The first kappa shape index (κ1) is 13.7. The number of H-pyrrole nitrogens is 1. The van der Waals surface area contributed by atoms with Crippen LogP contribution in [-0.4, -0.2) is 22.9 Å². The number of nitrogens with one attached hydrogen (secondary N) is 1. The third-order valence-electron chi connectivity index (χ3n) is 2.67. The van der Waals surface area contributed by atoms with E-state index in [1.807, 2.05) is 0 Å². The molecule has 7 heteroatoms. The number of aromatic amines is 1. The van der Waals surface area contributed by atoms with Gasteiger partial charge in [0.05, 0.1) is 19.2 Å². The van der Waals surface area contributed by atoms with Crippen molar-refractivity contribution in [1.82, 2.24) is 9.78 Å². The molecule has 6 nitrogen and oxygen atoms in total. The molecule has 2 aromatic rings. The summed E-state index contributed by atoms with van der Waals surface area (Å²) >= 11 is 0. The minimum atomic E-state index is -0.778. The van der Waals surface area contributed by atoms with Crippen molar-refractivity contribution < 1.29 is 13.9 Å². The van der Waals surface area contributed by atoms with E-state index in [0.717, 1.165) is 30.0 Å². The summed E-state index contributed by atoms with van der Waals surface area (Å²) in [4.78, 5) is 33.9. The molecule has 0 aliphatic heterocycles. The molecule has 1 N–H and O–H groups in total. The van der Waals surface area contributed by atoms with E-state index in [1.165, 1.54) is 12.1 Å². The number of esters is 1. The van der Waals surface area contributed by atoms with Crippen LogP contribution in [0.1, 0.15) is 15.9 Å². The number of benzene rings is 1. The summed E-state index contributed by atoms with van der Waals surface area (Å²) in [6, 6.07) is 6.09. The molecule has 20 heavy (non-hydrogen) atoms. The zero-order valence-corrected chi connectivity index (χ0v) is 10.6. The van der Waals surface area contributed by atoms with Crippen LogP contribution >= 0.6 is 0 Å². The van der Waals surface area contributed by atoms with Crippen molar-refractivity contribution in [2.45, 2.75) is 6.54 Å². The topological polar surface area (TPSA) is 81.2 Å². The maximum atomic E-state index is 13.7. The normalized spacial score (nSPS) is 10.3. The molecule has 0 radical (unpaired) electrons. The predicted molar refractivity (Wildman–Crippen MR) is 68.2 cm³/mol. The van der Waals surface area contributed by atoms with Crippen LogP contribution in [0.15, 0.2) is 39.9 Å². The van der Waals surface area contributed by atoms with Crippen molar-refractivity contribution in [3.63, 3.8) is 0 Å². The molecule has 0 aliphatic rings. The van der Waals surface area contributed by atoms with E-state index in [-0.39, 0.29) is 12.1 Å². The lowest BCUT2D eigenvalue weighted by molar-refractivity contribution is 0.0595. The molecule has 2 rings (SSSR count). The standard InChI is InChI=1S/C13H11FN2O4/c1-20-13(19)9-3-2-8(6-10(9)14)7-16-12(18)5-4-11(17)15-16/h2-6H,7H2,1H3,(H,15,17). The Balaban J connectivity index is 2.33. The average molecular weight is 278 g/mol. The van der Waals surface area contributed by atoms with Crippen LogP contribution < -0.4 is 11.1 Å². The molecule has 104 valence electrons. The van der Waals surface area contributed by atoms with E-state index < -0.39 is 22.9 Å². The number of aromatic nitrogens is 2. The van der Waals surface area contributed by atoms with Crippen LogP contribution in [0, 0.1) is 5.82 Å². The lowest BCUT2D eigenvalue weighted by Crippen LogP contribution is -2.28. The van der Waals surface area contributed by atoms with Crippen LogP contribution in [0.4, 0.5) is 4.39 Å². The Bertz CT molecular complexity index is 763. The quantitative estimate of drug-likeness (QED) is 0.829. The third kappa shape index (κ3) is 2.82. The summed E-state index contributed by atoms with van der Waals surface area (Å²) in [6.45, 7) is -0.00666. The highest BCUT2D eigenvalue weighted by Gasteiger charge is 2.12. The summed E-state index contributed by atoms with van der Waals surface area (Å²) < 4.78 is 19.2. The third-order valence-corrected chi connectivity index (χ3v) is 2.67. The van der Waals surface area contributed by atoms with E-state index in [1.54, 1.807) is 0 Å². The molecule has 0 spiro atoms. The summed E-state index contributed by atoms with van der Waals surface area (Å²) in [7, 11) is 1.16. The number of ether oxygens (including phenoxy) is 1. The maximum Gasteiger partial charge on any atom is 0.340 e. The van der Waals surface area contributed by atoms with Gasteiger partial charge in [-0.1, -0.05) is 6.07 Å². The minimum absolute atomic E-state index is 0.00666. The van der Waals surface area contributed by atoms with E-state index in [9.17, 15) is 18.8 Å². The number of carbonyl (C=O) groups is 1. The molecule has 0 saturated heterocycles. The van der Waals surface area contributed by atoms with Gasteiger partial charge in [0.25, 0.3) is 11.1 Å². The van der Waals surface area contributed by atoms with Gasteiger partial charge in [0, 0.05) is 12.1 Å². The highest BCUT2D eigenvalue weighted by atomic mass is 19.1. The molecular weight excluding hydrogens is 267 g/mol. The number of hydrogen-bond donors (Lipinski definition) is 1. The molecule has 1 aromatic heterocycles. The Hall–Kier alpha value is -2.70. The molecule has 0 atom stereocenters. The fourth-order valence-electron chi connectivity index (χ4n) is 1.69. The summed E-state index contributed by atoms with van der Waals surface area (Å²) in [5, 5.41) is 2.33. The first-order valence-corrected chi connectivity index (χ1v) is 5.68. The van der Waals surface area contributed by atoms with Crippen LogP contribution in [0.2, 0.25) is 0 Å². The summed E-state index contributed by atoms with van der Waals surface area (Å²) in [5.74, 6) is -1.53. The minimum Gasteiger partial charge on any atom is -0.465 e. The Morgan fingerprint density at radius 3 is 2.70 bits per heavy atom. The number of halogens is 1. The van der Waals surface area contributed by atoms with Gasteiger partial charge in [-0.15, -0.1) is 0 Å². The van der Waals surface area contributed by atoms with Crippen molar-refractivity contribution in [3.8, 4) is 0 Å². The molecule has 0 unspecified atom stereocenters. The Morgan fingerprint density at radius 2 is 2.05 bits per heavy atom. The molecule has 0 saturated carbocycles. The second kappa shape index (κ2) is 5.52. The van der Waals surface area contributed by atoms with Crippen LogP contribution in [-0.2, 0) is 11.3 Å². The number of rotatable bonds is 3. The molecule has 0 aliphatic carbocycles. The highest BCUT2D eigenvalue weighted by molar-refractivity contribution is 5.89. The van der Waals surface area contributed by atoms with Crippen molar-refractivity contribution in [2.24, 2.45) is 0 Å². The van der Waals surface area contributed by atoms with Gasteiger partial charge >= 0.3 is 5.97 Å². The number of nitrogens with zero attached hydrogens (tertiary/aromatic N) is 1. The molecule has 0 bridgehead atoms. The van der Waals surface area contributed by atoms with Gasteiger partial charge in [0.15, 0.2) is 0 Å². The summed E-state index contributed by atoms with van der Waals surface area (Å²) in [6.07, 6.45) is 0. The molecule has 0 amide bonds. The zero-order chi connectivity index (χ0) is 14.7. The average Bonchev–Trinajstić information content (AvgIpc) is 2.42. The van der Waals surface area contributed by atoms with Crippen LogP contribution in [0.25, 0.3) is 0 Å². The van der Waals surface area contributed by atoms with Gasteiger partial charge < -0.3 is 4.74 Å². The smallest absolute Gasteiger partial charge is 0.340 e. The van der Waals surface area contributed by atoms with Gasteiger partial charge in [0.2, 0.25) is 0 Å². The molecule has 1 heterocycles. The maximum absolute atomic E-state index is 13.7. The Kier molecular flexibility index (Phi) is 3.79. The highest BCUT2D eigenvalue weighted by Crippen LogP contribution is 2.12. The van der Waals surface area contributed by atoms with Crippen molar-refractivity contribution in [3.05, 3.63) is 68.0 Å². The fraction of sp³-hybridized carbons (Fsp3) is 0.154. The van der Waals surface area contributed by atoms with Gasteiger partial charge in [0.1, 0.15) is 5.82 Å². The summed E-state index contributed by atoms with van der Waals surface area (Å²) in [5.41, 5.74) is -0.609. The van der Waals surface area contributed by atoms with E-state index >= 15 is 0 Å². The molecule has 0 fully saturated rings. The first-order chi connectivity index (χ1) is 9.51. The zero-order valence-electron chi connectivity index (χ0n) is 10.6. The lowest BCUT2D eigenvalue weighted by Gasteiger charge is -2.07. The van der Waals surface area contributed by atoms with Gasteiger partial charge in [-0.3, -0.25) is 14.7 Å². The van der Waals surface area contributed by atoms with Gasteiger partial charge in [-0.25, -0.2) is 13.9 Å². The second-order valence-electron chi connectivity index (χ2n) is 4.04. The van der Waals surface area contributed by atoms with Crippen LogP contribution in [0.3, 0.4) is 0 Å². The molecule has 1 aromatic carbocycles. The fourth-order valence-corrected chi connectivity index (χ4v) is 1.69. The van der Waals surface area contributed by atoms with E-state index in [0.29, 0.717) is 5.56 Å². The largest absolute Gasteiger partial charge is 0.465 e. The second-order valence-corrected chi connectivity index (χ2v) is 4.04. The van der Waals surface area contributed by atoms with Crippen molar-refractivity contribution in [2.75, 3.05) is 7.11 Å². The Labute approximate surface area is 112 Å². The number of carbonyl (C=O) groups excluding carboxylic acids is 1. The Morgan fingerprint density at radius 1 is 1.30 bits per heavy atom. The van der Waals surface area contributed by atoms with E-state index in [2.05, 4.69) is 9.84 Å². The van der Waals surface area contributed by atoms with Gasteiger partial charge in [-0.2, -0.15) is 0 Å². The first-order valence-electron chi connectivity index (χ1n) is 5.68. The molecular formula is C13H11FN2O4. The van der Waals surface area contributed by atoms with Crippen molar-refractivity contribution >= 4 is 5.97 Å². The van der Waals surface area contributed by atoms with Crippen molar-refractivity contribution in [1.29, 1.82) is 0 Å². The number of methoxy groups -OCH3 is 1. The predicted octanol–water partition coefficient (Wildman–Crippen LogP) is 0.511. The van der Waals surface area contributed by atoms with Gasteiger partial charge in [-0.05, 0) is 17.7 Å². The van der Waals surface area contributed by atoms with E-state index in [4.69, 9.17) is 0 Å². The lowest BCUT2D eigenvalue weighted by atomic mass is 10.1. The SMILES string of the molecule is COC(=O)c1ccc(Cn2[nH]c(=O)ccc2=O)cc1F. The number of hydrogen-bond acceptors (Lipinski definition) is 4. The monoisotopic (exact) mass is 278 g/mol.